The van der Waals surface area contributed by atoms with E-state index in [1.54, 1.807) is 13.0 Å². The molecule has 1 heterocycles. The molecule has 3 aromatic rings. The summed E-state index contributed by atoms with van der Waals surface area (Å²) in [5.41, 5.74) is 4.17. The predicted octanol–water partition coefficient (Wildman–Crippen LogP) is 4.04. The van der Waals surface area contributed by atoms with Gasteiger partial charge in [-0.2, -0.15) is 0 Å². The number of fused-ring (bicyclic) bond motifs is 1. The van der Waals surface area contributed by atoms with E-state index in [9.17, 15) is 9.59 Å². The van der Waals surface area contributed by atoms with E-state index in [0.717, 1.165) is 27.8 Å². The van der Waals surface area contributed by atoms with Gasteiger partial charge in [0.2, 0.25) is 0 Å². The Labute approximate surface area is 151 Å². The highest BCUT2D eigenvalue weighted by Crippen LogP contribution is 2.30. The van der Waals surface area contributed by atoms with Gasteiger partial charge in [-0.05, 0) is 63.1 Å². The van der Waals surface area contributed by atoms with E-state index in [-0.39, 0.29) is 18.1 Å². The fourth-order valence-corrected chi connectivity index (χ4v) is 2.78. The highest BCUT2D eigenvalue weighted by atomic mass is 16.5. The van der Waals surface area contributed by atoms with Crippen molar-refractivity contribution in [3.63, 3.8) is 0 Å². The highest BCUT2D eigenvalue weighted by Gasteiger charge is 2.14. The predicted molar refractivity (Wildman–Crippen MR) is 102 cm³/mol. The van der Waals surface area contributed by atoms with Gasteiger partial charge in [0.1, 0.15) is 11.3 Å². The van der Waals surface area contributed by atoms with E-state index in [1.807, 2.05) is 51.1 Å². The van der Waals surface area contributed by atoms with E-state index in [1.165, 1.54) is 0 Å². The highest BCUT2D eigenvalue weighted by molar-refractivity contribution is 5.93. The third kappa shape index (κ3) is 3.61. The van der Waals surface area contributed by atoms with E-state index in [0.29, 0.717) is 16.9 Å². The van der Waals surface area contributed by atoms with Gasteiger partial charge in [0, 0.05) is 11.3 Å². The van der Waals surface area contributed by atoms with Crippen LogP contribution in [0.15, 0.2) is 45.6 Å². The van der Waals surface area contributed by atoms with Crippen LogP contribution in [0, 0.1) is 27.7 Å². The Morgan fingerprint density at radius 3 is 2.38 bits per heavy atom. The van der Waals surface area contributed by atoms with E-state index in [2.05, 4.69) is 5.32 Å². The molecule has 0 aliphatic heterocycles. The van der Waals surface area contributed by atoms with Gasteiger partial charge in [0.25, 0.3) is 5.91 Å². The summed E-state index contributed by atoms with van der Waals surface area (Å²) in [6.07, 6.45) is 0. The van der Waals surface area contributed by atoms with Crippen molar-refractivity contribution >= 4 is 22.6 Å². The number of nitrogens with one attached hydrogen (secondary N) is 1. The maximum absolute atomic E-state index is 12.2. The van der Waals surface area contributed by atoms with Crippen LogP contribution in [0.5, 0.6) is 5.75 Å². The van der Waals surface area contributed by atoms with Crippen LogP contribution in [0.3, 0.4) is 0 Å². The van der Waals surface area contributed by atoms with Crippen LogP contribution in [0.2, 0.25) is 0 Å². The number of carbonyl (C=O) groups excluding carboxylic acids is 1. The number of ether oxygens (including phenoxy) is 1. The Balaban J connectivity index is 1.84. The smallest absolute Gasteiger partial charge is 0.339 e. The number of hydrogen-bond acceptors (Lipinski definition) is 4. The second-order valence-electron chi connectivity index (χ2n) is 6.48. The molecule has 1 aromatic heterocycles. The molecule has 0 radical (unpaired) electrons. The lowest BCUT2D eigenvalue weighted by atomic mass is 10.0. The standard InChI is InChI=1S/C21H21NO4/c1-12-5-7-16(8-6-12)22-19(23)11-25-17-9-13(2)10-18-20(17)14(3)15(4)21(24)26-18/h5-10H,11H2,1-4H3,(H,22,23). The molecule has 0 spiro atoms. The molecule has 0 saturated heterocycles. The van der Waals surface area contributed by atoms with Crippen molar-refractivity contribution in [2.24, 2.45) is 0 Å². The summed E-state index contributed by atoms with van der Waals surface area (Å²) in [5, 5.41) is 3.52. The van der Waals surface area contributed by atoms with Gasteiger partial charge in [0.05, 0.1) is 5.39 Å². The molecule has 1 N–H and O–H groups in total. The van der Waals surface area contributed by atoms with Gasteiger partial charge in [-0.25, -0.2) is 4.79 Å². The van der Waals surface area contributed by atoms with Gasteiger partial charge >= 0.3 is 5.63 Å². The molecule has 26 heavy (non-hydrogen) atoms. The molecule has 0 bridgehead atoms. The van der Waals surface area contributed by atoms with Crippen LogP contribution in [0.4, 0.5) is 5.69 Å². The number of aryl methyl sites for hydroxylation is 3. The zero-order chi connectivity index (χ0) is 18.8. The van der Waals surface area contributed by atoms with Crippen molar-refractivity contribution in [3.05, 3.63) is 69.1 Å². The topological polar surface area (TPSA) is 68.5 Å². The third-order valence-electron chi connectivity index (χ3n) is 4.35. The van der Waals surface area contributed by atoms with Crippen LogP contribution in [0.25, 0.3) is 11.0 Å². The first-order valence-electron chi connectivity index (χ1n) is 8.39. The Morgan fingerprint density at radius 2 is 1.69 bits per heavy atom. The summed E-state index contributed by atoms with van der Waals surface area (Å²) in [6.45, 7) is 7.30. The average molecular weight is 351 g/mol. The van der Waals surface area contributed by atoms with Crippen molar-refractivity contribution < 1.29 is 13.9 Å². The normalized spacial score (nSPS) is 10.8. The van der Waals surface area contributed by atoms with Crippen molar-refractivity contribution in [2.45, 2.75) is 27.7 Å². The van der Waals surface area contributed by atoms with Gasteiger partial charge in [-0.1, -0.05) is 17.7 Å². The monoisotopic (exact) mass is 351 g/mol. The molecule has 2 aromatic carbocycles. The molecule has 0 atom stereocenters. The number of hydrogen-bond donors (Lipinski definition) is 1. The van der Waals surface area contributed by atoms with Crippen LogP contribution in [-0.2, 0) is 4.79 Å². The molecule has 0 unspecified atom stereocenters. The molecule has 5 nitrogen and oxygen atoms in total. The molecule has 0 saturated carbocycles. The van der Waals surface area contributed by atoms with Crippen LogP contribution >= 0.6 is 0 Å². The largest absolute Gasteiger partial charge is 0.483 e. The molecule has 0 fully saturated rings. The number of rotatable bonds is 4. The molecule has 134 valence electrons. The van der Waals surface area contributed by atoms with E-state index < -0.39 is 0 Å². The van der Waals surface area contributed by atoms with Crippen molar-refractivity contribution in [3.8, 4) is 5.75 Å². The fraction of sp³-hybridized carbons (Fsp3) is 0.238. The second-order valence-corrected chi connectivity index (χ2v) is 6.48. The summed E-state index contributed by atoms with van der Waals surface area (Å²) in [5.74, 6) is 0.277. The van der Waals surface area contributed by atoms with Crippen molar-refractivity contribution in [1.82, 2.24) is 0 Å². The Kier molecular flexibility index (Phi) is 4.80. The molecular weight excluding hydrogens is 330 g/mol. The van der Waals surface area contributed by atoms with Gasteiger partial charge in [-0.15, -0.1) is 0 Å². The number of carbonyl (C=O) groups is 1. The van der Waals surface area contributed by atoms with Crippen LogP contribution < -0.4 is 15.7 Å². The zero-order valence-electron chi connectivity index (χ0n) is 15.3. The average Bonchev–Trinajstić information content (AvgIpc) is 2.59. The summed E-state index contributed by atoms with van der Waals surface area (Å²) in [7, 11) is 0. The molecule has 1 amide bonds. The van der Waals surface area contributed by atoms with E-state index in [4.69, 9.17) is 9.15 Å². The molecule has 3 rings (SSSR count). The Hall–Kier alpha value is -3.08. The van der Waals surface area contributed by atoms with E-state index >= 15 is 0 Å². The first-order valence-corrected chi connectivity index (χ1v) is 8.39. The second kappa shape index (κ2) is 7.04. The molecule has 0 aliphatic rings. The first kappa shape index (κ1) is 17.7. The Morgan fingerprint density at radius 1 is 1.00 bits per heavy atom. The van der Waals surface area contributed by atoms with Crippen LogP contribution in [0.1, 0.15) is 22.3 Å². The lowest BCUT2D eigenvalue weighted by Crippen LogP contribution is -2.20. The maximum atomic E-state index is 12.2. The minimum Gasteiger partial charge on any atom is -0.483 e. The van der Waals surface area contributed by atoms with Gasteiger partial charge in [0.15, 0.2) is 6.61 Å². The summed E-state index contributed by atoms with van der Waals surface area (Å²) < 4.78 is 11.1. The van der Waals surface area contributed by atoms with Crippen molar-refractivity contribution in [1.29, 1.82) is 0 Å². The summed E-state index contributed by atoms with van der Waals surface area (Å²) in [4.78, 5) is 24.1. The van der Waals surface area contributed by atoms with Gasteiger partial charge in [-0.3, -0.25) is 4.79 Å². The summed E-state index contributed by atoms with van der Waals surface area (Å²) in [6, 6.07) is 11.2. The lowest BCUT2D eigenvalue weighted by molar-refractivity contribution is -0.118. The van der Waals surface area contributed by atoms with Crippen molar-refractivity contribution in [2.75, 3.05) is 11.9 Å². The SMILES string of the molecule is Cc1ccc(NC(=O)COc2cc(C)cc3oc(=O)c(C)c(C)c23)cc1. The lowest BCUT2D eigenvalue weighted by Gasteiger charge is -2.13. The fourth-order valence-electron chi connectivity index (χ4n) is 2.78. The first-order chi connectivity index (χ1) is 12.3. The third-order valence-corrected chi connectivity index (χ3v) is 4.35. The molecular formula is C21H21NO4. The van der Waals surface area contributed by atoms with Gasteiger partial charge < -0.3 is 14.5 Å². The summed E-state index contributed by atoms with van der Waals surface area (Å²) >= 11 is 0. The maximum Gasteiger partial charge on any atom is 0.339 e. The van der Waals surface area contributed by atoms with Crippen LogP contribution in [-0.4, -0.2) is 12.5 Å². The number of amides is 1. The zero-order valence-corrected chi connectivity index (χ0v) is 15.3. The molecule has 0 aliphatic carbocycles. The number of benzene rings is 2. The quantitative estimate of drug-likeness (QED) is 0.720. The molecule has 5 heteroatoms. The minimum absolute atomic E-state index is 0.135. The number of anilines is 1. The Bertz CT molecular complexity index is 1030. The minimum atomic E-state index is -0.358.